The Kier molecular flexibility index (Phi) is 5.55. The molecule has 102 valence electrons. The summed E-state index contributed by atoms with van der Waals surface area (Å²) in [6, 6.07) is 4.39. The number of hydrogen-bond acceptors (Lipinski definition) is 3. The Hall–Kier alpha value is -1.14. The third-order valence-corrected chi connectivity index (χ3v) is 3.64. The summed E-state index contributed by atoms with van der Waals surface area (Å²) in [6.45, 7) is 4.88. The minimum atomic E-state index is -3.50. The number of anilines is 1. The maximum absolute atomic E-state index is 13.5. The lowest BCUT2D eigenvalue weighted by Crippen LogP contribution is -2.27. The first kappa shape index (κ1) is 14.9. The molecule has 0 heterocycles. The molecule has 0 bridgehead atoms. The Bertz CT molecular complexity index is 489. The molecule has 0 fully saturated rings. The summed E-state index contributed by atoms with van der Waals surface area (Å²) < 4.78 is 39.1. The zero-order chi connectivity index (χ0) is 13.6. The second kappa shape index (κ2) is 6.70. The molecular weight excluding hydrogens is 255 g/mol. The summed E-state index contributed by atoms with van der Waals surface area (Å²) in [6.07, 6.45) is 0.945. The van der Waals surface area contributed by atoms with Gasteiger partial charge in [0.05, 0.1) is 11.4 Å². The van der Waals surface area contributed by atoms with Crippen LogP contribution in [0.3, 0.4) is 0 Å². The monoisotopic (exact) mass is 274 g/mol. The fraction of sp³-hybridized carbons (Fsp3) is 0.500. The van der Waals surface area contributed by atoms with Crippen molar-refractivity contribution in [2.45, 2.75) is 20.3 Å². The molecule has 0 atom stereocenters. The molecule has 0 saturated carbocycles. The SMILES string of the molecule is CCCNCCS(=O)(=O)Nc1ccc(C)cc1F. The maximum atomic E-state index is 13.5. The van der Waals surface area contributed by atoms with Crippen LogP contribution in [0.2, 0.25) is 0 Å². The minimum absolute atomic E-state index is 0.00362. The molecule has 0 saturated heterocycles. The lowest BCUT2D eigenvalue weighted by molar-refractivity contribution is 0.593. The van der Waals surface area contributed by atoms with E-state index in [2.05, 4.69) is 10.0 Å². The molecule has 0 spiro atoms. The van der Waals surface area contributed by atoms with Gasteiger partial charge in [0.25, 0.3) is 0 Å². The summed E-state index contributed by atoms with van der Waals surface area (Å²) in [7, 11) is -3.50. The first-order valence-electron chi connectivity index (χ1n) is 5.92. The molecular formula is C12H19FN2O2S. The van der Waals surface area contributed by atoms with E-state index in [1.165, 1.54) is 12.1 Å². The largest absolute Gasteiger partial charge is 0.316 e. The van der Waals surface area contributed by atoms with Crippen LogP contribution in [0.1, 0.15) is 18.9 Å². The van der Waals surface area contributed by atoms with Gasteiger partial charge in [-0.1, -0.05) is 13.0 Å². The molecule has 0 radical (unpaired) electrons. The molecule has 4 nitrogen and oxygen atoms in total. The van der Waals surface area contributed by atoms with Gasteiger partial charge in [0, 0.05) is 6.54 Å². The van der Waals surface area contributed by atoms with Crippen LogP contribution in [0.15, 0.2) is 18.2 Å². The molecule has 0 aliphatic rings. The smallest absolute Gasteiger partial charge is 0.234 e. The molecule has 18 heavy (non-hydrogen) atoms. The van der Waals surface area contributed by atoms with Crippen molar-refractivity contribution in [2.24, 2.45) is 0 Å². The zero-order valence-corrected chi connectivity index (χ0v) is 11.5. The van der Waals surface area contributed by atoms with Crippen molar-refractivity contribution in [1.82, 2.24) is 5.32 Å². The van der Waals surface area contributed by atoms with Gasteiger partial charge in [-0.05, 0) is 37.6 Å². The Labute approximate surface area is 108 Å². The number of aryl methyl sites for hydroxylation is 1. The van der Waals surface area contributed by atoms with Gasteiger partial charge in [-0.25, -0.2) is 12.8 Å². The van der Waals surface area contributed by atoms with E-state index in [-0.39, 0.29) is 11.4 Å². The van der Waals surface area contributed by atoms with E-state index < -0.39 is 15.8 Å². The van der Waals surface area contributed by atoms with Crippen LogP contribution in [0.25, 0.3) is 0 Å². The van der Waals surface area contributed by atoms with Gasteiger partial charge in [0.1, 0.15) is 5.82 Å². The molecule has 6 heteroatoms. The lowest BCUT2D eigenvalue weighted by Gasteiger charge is -2.09. The Morgan fingerprint density at radius 2 is 2.00 bits per heavy atom. The van der Waals surface area contributed by atoms with E-state index in [4.69, 9.17) is 0 Å². The third-order valence-electron chi connectivity index (χ3n) is 2.36. The summed E-state index contributed by atoms with van der Waals surface area (Å²) in [5.74, 6) is -0.625. The van der Waals surface area contributed by atoms with Gasteiger partial charge in [0.15, 0.2) is 0 Å². The highest BCUT2D eigenvalue weighted by molar-refractivity contribution is 7.92. The highest BCUT2D eigenvalue weighted by Crippen LogP contribution is 2.16. The van der Waals surface area contributed by atoms with Crippen molar-refractivity contribution < 1.29 is 12.8 Å². The van der Waals surface area contributed by atoms with Crippen LogP contribution >= 0.6 is 0 Å². The number of halogens is 1. The summed E-state index contributed by atoms with van der Waals surface area (Å²) >= 11 is 0. The quantitative estimate of drug-likeness (QED) is 0.746. The van der Waals surface area contributed by atoms with Crippen LogP contribution < -0.4 is 10.0 Å². The average Bonchev–Trinajstić information content (AvgIpc) is 2.28. The van der Waals surface area contributed by atoms with Crippen LogP contribution in [-0.4, -0.2) is 27.3 Å². The maximum Gasteiger partial charge on any atom is 0.234 e. The van der Waals surface area contributed by atoms with Crippen LogP contribution in [0.4, 0.5) is 10.1 Å². The summed E-state index contributed by atoms with van der Waals surface area (Å²) in [4.78, 5) is 0. The summed E-state index contributed by atoms with van der Waals surface area (Å²) in [5, 5.41) is 2.99. The van der Waals surface area contributed by atoms with E-state index >= 15 is 0 Å². The fourth-order valence-electron chi connectivity index (χ4n) is 1.43. The number of rotatable bonds is 7. The molecule has 1 aromatic rings. The van der Waals surface area contributed by atoms with Gasteiger partial charge < -0.3 is 5.32 Å². The number of benzene rings is 1. The molecule has 0 amide bonds. The molecule has 2 N–H and O–H groups in total. The first-order chi connectivity index (χ1) is 8.44. The Balaban J connectivity index is 2.59. The predicted molar refractivity (Wildman–Crippen MR) is 71.7 cm³/mol. The highest BCUT2D eigenvalue weighted by atomic mass is 32.2. The number of hydrogen-bond donors (Lipinski definition) is 2. The number of nitrogens with one attached hydrogen (secondary N) is 2. The van der Waals surface area contributed by atoms with Gasteiger partial charge in [-0.3, -0.25) is 4.72 Å². The second-order valence-electron chi connectivity index (χ2n) is 4.15. The molecule has 0 aromatic heterocycles. The average molecular weight is 274 g/mol. The predicted octanol–water partition coefficient (Wildman–Crippen LogP) is 1.88. The van der Waals surface area contributed by atoms with E-state index in [1.54, 1.807) is 13.0 Å². The molecule has 0 unspecified atom stereocenters. The third kappa shape index (κ3) is 5.01. The standard InChI is InChI=1S/C12H19FN2O2S/c1-3-6-14-7-8-18(16,17)15-12-5-4-10(2)9-11(12)13/h4-5,9,14-15H,3,6-8H2,1-2H3. The van der Waals surface area contributed by atoms with Crippen LogP contribution in [0.5, 0.6) is 0 Å². The lowest BCUT2D eigenvalue weighted by atomic mass is 10.2. The summed E-state index contributed by atoms with van der Waals surface area (Å²) in [5.41, 5.74) is 0.746. The normalized spacial score (nSPS) is 11.5. The van der Waals surface area contributed by atoms with E-state index in [0.717, 1.165) is 18.5 Å². The van der Waals surface area contributed by atoms with Crippen molar-refractivity contribution in [3.05, 3.63) is 29.6 Å². The number of sulfonamides is 1. The van der Waals surface area contributed by atoms with E-state index in [9.17, 15) is 12.8 Å². The second-order valence-corrected chi connectivity index (χ2v) is 6.00. The van der Waals surface area contributed by atoms with Crippen molar-refractivity contribution in [1.29, 1.82) is 0 Å². The molecule has 1 rings (SSSR count). The van der Waals surface area contributed by atoms with E-state index in [0.29, 0.717) is 6.54 Å². The van der Waals surface area contributed by atoms with Crippen molar-refractivity contribution in [3.8, 4) is 0 Å². The minimum Gasteiger partial charge on any atom is -0.316 e. The van der Waals surface area contributed by atoms with Crippen LogP contribution in [-0.2, 0) is 10.0 Å². The van der Waals surface area contributed by atoms with Gasteiger partial charge in [-0.2, -0.15) is 0 Å². The molecule has 0 aliphatic heterocycles. The van der Waals surface area contributed by atoms with Crippen molar-refractivity contribution in [2.75, 3.05) is 23.6 Å². The van der Waals surface area contributed by atoms with Crippen molar-refractivity contribution in [3.63, 3.8) is 0 Å². The van der Waals surface area contributed by atoms with E-state index in [1.807, 2.05) is 6.92 Å². The van der Waals surface area contributed by atoms with Gasteiger partial charge >= 0.3 is 0 Å². The first-order valence-corrected chi connectivity index (χ1v) is 7.57. The Morgan fingerprint density at radius 1 is 1.28 bits per heavy atom. The van der Waals surface area contributed by atoms with Gasteiger partial charge in [0.2, 0.25) is 10.0 Å². The zero-order valence-electron chi connectivity index (χ0n) is 10.7. The Morgan fingerprint density at radius 3 is 2.61 bits per heavy atom. The highest BCUT2D eigenvalue weighted by Gasteiger charge is 2.12. The fourth-order valence-corrected chi connectivity index (χ4v) is 2.45. The van der Waals surface area contributed by atoms with Crippen LogP contribution in [0, 0.1) is 12.7 Å². The molecule has 0 aliphatic carbocycles. The van der Waals surface area contributed by atoms with Gasteiger partial charge in [-0.15, -0.1) is 0 Å². The molecule has 1 aromatic carbocycles. The topological polar surface area (TPSA) is 58.2 Å². The van der Waals surface area contributed by atoms with Crippen molar-refractivity contribution >= 4 is 15.7 Å².